The number of hydrogen-bond acceptors (Lipinski definition) is 9. The van der Waals surface area contributed by atoms with E-state index >= 15 is 0 Å². The maximum atomic E-state index is 13.0. The Kier molecular flexibility index (Phi) is 8.08. The van der Waals surface area contributed by atoms with Gasteiger partial charge in [0.05, 0.1) is 40.2 Å². The second-order valence-electron chi connectivity index (χ2n) is 10.4. The number of rotatable bonds is 7. The van der Waals surface area contributed by atoms with E-state index in [0.717, 1.165) is 55.1 Å². The molecule has 1 fully saturated rings. The highest BCUT2D eigenvalue weighted by atomic mass is 19.4. The van der Waals surface area contributed by atoms with Crippen molar-refractivity contribution in [2.45, 2.75) is 51.9 Å². The van der Waals surface area contributed by atoms with Crippen LogP contribution in [-0.2, 0) is 6.18 Å². The van der Waals surface area contributed by atoms with Crippen molar-refractivity contribution >= 4 is 28.7 Å². The Morgan fingerprint density at radius 2 is 1.85 bits per heavy atom. The van der Waals surface area contributed by atoms with Gasteiger partial charge in [-0.1, -0.05) is 0 Å². The van der Waals surface area contributed by atoms with Crippen molar-refractivity contribution in [3.63, 3.8) is 0 Å². The fourth-order valence-corrected chi connectivity index (χ4v) is 4.81. The average molecular weight is 568 g/mol. The first kappa shape index (κ1) is 28.3. The highest BCUT2D eigenvalue weighted by molar-refractivity contribution is 6.03. The minimum Gasteiger partial charge on any atom is -0.381 e. The van der Waals surface area contributed by atoms with Gasteiger partial charge in [-0.3, -0.25) is 24.8 Å². The van der Waals surface area contributed by atoms with Crippen LogP contribution in [0.2, 0.25) is 0 Å². The van der Waals surface area contributed by atoms with E-state index in [4.69, 9.17) is 0 Å². The smallest absolute Gasteiger partial charge is 0.381 e. The van der Waals surface area contributed by atoms with Crippen LogP contribution in [0, 0.1) is 6.92 Å². The molecule has 0 bridgehead atoms. The Bertz CT molecular complexity index is 1440. The molecular weight excluding hydrogens is 535 g/mol. The van der Waals surface area contributed by atoms with Gasteiger partial charge in [0, 0.05) is 55.5 Å². The average Bonchev–Trinajstić information content (AvgIpc) is 3.44. The normalized spacial score (nSPS) is 16.5. The number of aromatic nitrogens is 3. The molecule has 0 radical (unpaired) electrons. The van der Waals surface area contributed by atoms with Gasteiger partial charge in [-0.05, 0) is 57.9 Å². The molecule has 13 heteroatoms. The summed E-state index contributed by atoms with van der Waals surface area (Å²) in [6, 6.07) is 6.18. The summed E-state index contributed by atoms with van der Waals surface area (Å²) in [6.07, 6.45) is 5.38. The van der Waals surface area contributed by atoms with Crippen molar-refractivity contribution in [2.24, 2.45) is 0 Å². The third-order valence-electron chi connectivity index (χ3n) is 7.15. The Labute approximate surface area is 236 Å². The monoisotopic (exact) mass is 567 g/mol. The third kappa shape index (κ3) is 6.74. The molecule has 3 aromatic rings. The molecule has 0 aromatic carbocycles. The van der Waals surface area contributed by atoms with Crippen LogP contribution in [0.4, 0.5) is 30.2 Å². The van der Waals surface area contributed by atoms with Gasteiger partial charge >= 0.3 is 6.18 Å². The first-order chi connectivity index (χ1) is 19.6. The van der Waals surface area contributed by atoms with E-state index in [2.05, 4.69) is 55.3 Å². The molecule has 0 saturated carbocycles. The molecule has 1 saturated heterocycles. The molecule has 0 atom stereocenters. The first-order valence-electron chi connectivity index (χ1n) is 13.4. The summed E-state index contributed by atoms with van der Waals surface area (Å²) in [5.74, 6) is -0.776. The zero-order valence-electron chi connectivity index (χ0n) is 23.0. The lowest BCUT2D eigenvalue weighted by Crippen LogP contribution is -2.42. The zero-order valence-corrected chi connectivity index (χ0v) is 23.0. The number of hydrogen-bond donors (Lipinski definition) is 4. The Morgan fingerprint density at radius 1 is 1.07 bits per heavy atom. The summed E-state index contributed by atoms with van der Waals surface area (Å²) < 4.78 is 39.1. The van der Waals surface area contributed by atoms with Gasteiger partial charge in [0.1, 0.15) is 5.69 Å². The molecule has 5 rings (SSSR count). The molecule has 4 N–H and O–H groups in total. The fourth-order valence-electron chi connectivity index (χ4n) is 4.81. The predicted octanol–water partition coefficient (Wildman–Crippen LogP) is 4.56. The summed E-state index contributed by atoms with van der Waals surface area (Å²) in [5, 5.41) is 7.89. The van der Waals surface area contributed by atoms with Crippen LogP contribution in [0.3, 0.4) is 0 Å². The molecule has 0 aliphatic carbocycles. The number of likely N-dealkylation sites (tertiary alicyclic amines) is 1. The van der Waals surface area contributed by atoms with Crippen molar-refractivity contribution in [1.29, 1.82) is 0 Å². The number of carbonyl (C=O) groups is 1. The summed E-state index contributed by atoms with van der Waals surface area (Å²) in [6.45, 7) is 8.39. The number of aryl methyl sites for hydroxylation is 1. The van der Waals surface area contributed by atoms with E-state index in [1.807, 2.05) is 18.5 Å². The van der Waals surface area contributed by atoms with Gasteiger partial charge in [-0.15, -0.1) is 5.53 Å². The van der Waals surface area contributed by atoms with Gasteiger partial charge in [-0.2, -0.15) is 13.2 Å². The molecule has 1 amide bonds. The minimum absolute atomic E-state index is 0.301. The van der Waals surface area contributed by atoms with E-state index in [-0.39, 0.29) is 5.69 Å². The van der Waals surface area contributed by atoms with Gasteiger partial charge in [-0.25, -0.2) is 0 Å². The first-order valence-corrected chi connectivity index (χ1v) is 13.4. The molecule has 10 nitrogen and oxygen atoms in total. The maximum Gasteiger partial charge on any atom is 0.416 e. The second kappa shape index (κ2) is 11.7. The number of pyridine rings is 3. The van der Waals surface area contributed by atoms with Crippen LogP contribution >= 0.6 is 0 Å². The number of hydrazine groups is 2. The van der Waals surface area contributed by atoms with Gasteiger partial charge < -0.3 is 21.0 Å². The number of anilines is 3. The van der Waals surface area contributed by atoms with Gasteiger partial charge in [0.25, 0.3) is 5.91 Å². The largest absolute Gasteiger partial charge is 0.416 e. The molecule has 0 unspecified atom stereocenters. The Hall–Kier alpha value is -4.23. The van der Waals surface area contributed by atoms with Crippen LogP contribution < -0.4 is 26.6 Å². The van der Waals surface area contributed by atoms with Crippen LogP contribution in [0.25, 0.3) is 5.70 Å². The highest BCUT2D eigenvalue weighted by Gasteiger charge is 2.31. The lowest BCUT2D eigenvalue weighted by atomic mass is 10.0. The van der Waals surface area contributed by atoms with E-state index in [1.165, 1.54) is 6.20 Å². The second-order valence-corrected chi connectivity index (χ2v) is 10.4. The number of alkyl halides is 3. The number of halogens is 3. The number of carbonyl (C=O) groups excluding carboxylic acids is 1. The topological polar surface area (TPSA) is 110 Å². The number of piperidine rings is 1. The maximum absolute atomic E-state index is 13.0. The fraction of sp³-hybridized carbons (Fsp3) is 0.357. The van der Waals surface area contributed by atoms with E-state index in [0.29, 0.717) is 35.2 Å². The van der Waals surface area contributed by atoms with Crippen molar-refractivity contribution in [2.75, 3.05) is 28.7 Å². The standard InChI is InChI=1S/C28H32F3N9O/c1-17(2)39-8-5-21(6-9-39)35-22-10-19(13-32-14-22)25-16-40(38-37-25)26-12-23(15-34-18(26)3)36-27(41)24-11-20(4-7-33-24)28(29,30)31/h4,7,10-17,21,35,37-38H,5-6,8-9H2,1-3H3,(H,36,41). The van der Waals surface area contributed by atoms with E-state index in [1.54, 1.807) is 24.2 Å². The molecular formula is C28H32F3N9O. The summed E-state index contributed by atoms with van der Waals surface area (Å²) in [4.78, 5) is 27.6. The summed E-state index contributed by atoms with van der Waals surface area (Å²) in [5.41, 5.74) is 9.07. The predicted molar refractivity (Wildman–Crippen MR) is 150 cm³/mol. The number of nitrogens with one attached hydrogen (secondary N) is 4. The van der Waals surface area contributed by atoms with Gasteiger partial charge in [0.2, 0.25) is 0 Å². The van der Waals surface area contributed by atoms with Crippen molar-refractivity contribution in [3.8, 4) is 0 Å². The van der Waals surface area contributed by atoms with Gasteiger partial charge in [0.15, 0.2) is 0 Å². The molecule has 2 aliphatic heterocycles. The number of nitrogens with zero attached hydrogens (tertiary/aromatic N) is 5. The van der Waals surface area contributed by atoms with Crippen LogP contribution in [0.5, 0.6) is 0 Å². The van der Waals surface area contributed by atoms with E-state index in [9.17, 15) is 18.0 Å². The van der Waals surface area contributed by atoms with Crippen LogP contribution in [-0.4, -0.2) is 50.9 Å². The third-order valence-corrected chi connectivity index (χ3v) is 7.15. The highest BCUT2D eigenvalue weighted by Crippen LogP contribution is 2.30. The quantitative estimate of drug-likeness (QED) is 0.327. The van der Waals surface area contributed by atoms with Crippen LogP contribution in [0.15, 0.2) is 55.3 Å². The summed E-state index contributed by atoms with van der Waals surface area (Å²) in [7, 11) is 0. The molecule has 2 aliphatic rings. The zero-order chi connectivity index (χ0) is 29.1. The molecule has 5 heterocycles. The number of amides is 1. The minimum atomic E-state index is -4.58. The Balaban J connectivity index is 1.27. The van der Waals surface area contributed by atoms with E-state index < -0.39 is 17.6 Å². The lowest BCUT2D eigenvalue weighted by Gasteiger charge is -2.35. The van der Waals surface area contributed by atoms with Crippen molar-refractivity contribution < 1.29 is 18.0 Å². The van der Waals surface area contributed by atoms with Crippen LogP contribution in [0.1, 0.15) is 54.0 Å². The van der Waals surface area contributed by atoms with Crippen molar-refractivity contribution in [1.82, 2.24) is 30.8 Å². The summed E-state index contributed by atoms with van der Waals surface area (Å²) >= 11 is 0. The molecule has 41 heavy (non-hydrogen) atoms. The molecule has 3 aromatic heterocycles. The molecule has 0 spiro atoms. The molecule has 216 valence electrons. The van der Waals surface area contributed by atoms with Crippen molar-refractivity contribution in [3.05, 3.63) is 77.8 Å². The Morgan fingerprint density at radius 3 is 2.59 bits per heavy atom. The SMILES string of the molecule is Cc1ncc(NC(=O)c2cc(C(F)(F)F)ccn2)cc1N1C=C(c2cncc(NC3CCN(C(C)C)CC3)c2)NN1. The lowest BCUT2D eigenvalue weighted by molar-refractivity contribution is -0.137.